The summed E-state index contributed by atoms with van der Waals surface area (Å²) in [6.45, 7) is 35.3. The highest BCUT2D eigenvalue weighted by Crippen LogP contribution is 2.52. The molecule has 0 fully saturated rings. The van der Waals surface area contributed by atoms with Gasteiger partial charge < -0.3 is 27.8 Å². The van der Waals surface area contributed by atoms with Crippen LogP contribution in [0.25, 0.3) is 32.9 Å². The second-order valence-corrected chi connectivity index (χ2v) is 20.1. The van der Waals surface area contributed by atoms with Crippen LogP contribution in [0, 0.1) is 0 Å². The fraction of sp³-hybridized carbons (Fsp3) is 0.560. The highest BCUT2D eigenvalue weighted by molar-refractivity contribution is 6.31. The number of fused-ring (bicyclic) bond motifs is 3. The Bertz CT molecular complexity index is 2150. The Morgan fingerprint density at radius 2 is 0.817 bits per heavy atom. The number of amides is 2. The van der Waals surface area contributed by atoms with Gasteiger partial charge in [0.15, 0.2) is 24.1 Å². The van der Waals surface area contributed by atoms with Crippen LogP contribution in [0.2, 0.25) is 0 Å². The van der Waals surface area contributed by atoms with Gasteiger partial charge in [-0.25, -0.2) is 0 Å². The highest BCUT2D eigenvalue weighted by atomic mass is 16.7. The first-order valence-electron chi connectivity index (χ1n) is 21.7. The van der Waals surface area contributed by atoms with E-state index in [1.807, 2.05) is 27.7 Å². The number of rotatable bonds is 14. The van der Waals surface area contributed by atoms with Crippen LogP contribution in [0.5, 0.6) is 0 Å². The van der Waals surface area contributed by atoms with Crippen LogP contribution in [-0.2, 0) is 50.2 Å². The van der Waals surface area contributed by atoms with Crippen LogP contribution >= 0.6 is 0 Å². The van der Waals surface area contributed by atoms with E-state index in [1.54, 1.807) is 22.3 Å². The SMILES string of the molecule is CCOC(CN1C(=O)C2=C(c3occ4cc(C(C)(C)C)cc(C(C)(C)C)c34)N(CC(OCC)OCC)C(=O)C2=C1c1occ2cc(C(C)(C)C)cc(C(C)(C)C)c12)OCC. The molecular weight excluding hydrogens is 757 g/mol. The fourth-order valence-electron chi connectivity index (χ4n) is 8.35. The molecule has 0 atom stereocenters. The Hall–Kier alpha value is -4.22. The van der Waals surface area contributed by atoms with Crippen molar-refractivity contribution < 1.29 is 37.4 Å². The first-order chi connectivity index (χ1) is 28.0. The first kappa shape index (κ1) is 45.3. The predicted molar refractivity (Wildman–Crippen MR) is 239 cm³/mol. The number of ether oxygens (including phenoxy) is 4. The fourth-order valence-corrected chi connectivity index (χ4v) is 8.35. The molecule has 2 aliphatic heterocycles. The molecule has 0 saturated carbocycles. The van der Waals surface area contributed by atoms with E-state index in [2.05, 4.69) is 107 Å². The van der Waals surface area contributed by atoms with Crippen LogP contribution < -0.4 is 0 Å². The Balaban J connectivity index is 1.76. The summed E-state index contributed by atoms with van der Waals surface area (Å²) in [6.07, 6.45) is 1.96. The summed E-state index contributed by atoms with van der Waals surface area (Å²) in [4.78, 5) is 34.4. The molecule has 60 heavy (non-hydrogen) atoms. The highest BCUT2D eigenvalue weighted by Gasteiger charge is 2.52. The number of benzene rings is 2. The lowest BCUT2D eigenvalue weighted by atomic mass is 9.78. The molecule has 0 N–H and O–H groups in total. The molecule has 0 saturated heterocycles. The summed E-state index contributed by atoms with van der Waals surface area (Å²) in [5, 5.41) is 3.49. The number of carbonyl (C=O) groups is 2. The number of carbonyl (C=O) groups excluding carboxylic acids is 2. The largest absolute Gasteiger partial charge is 0.461 e. The number of hydrogen-bond acceptors (Lipinski definition) is 8. The minimum Gasteiger partial charge on any atom is -0.461 e. The van der Waals surface area contributed by atoms with Crippen LogP contribution in [0.15, 0.2) is 56.8 Å². The van der Waals surface area contributed by atoms with E-state index in [1.165, 1.54) is 0 Å². The summed E-state index contributed by atoms with van der Waals surface area (Å²) >= 11 is 0. The summed E-state index contributed by atoms with van der Waals surface area (Å²) in [6, 6.07) is 8.79. The van der Waals surface area contributed by atoms with Gasteiger partial charge in [-0.1, -0.05) is 95.2 Å². The molecule has 4 aromatic rings. The number of furan rings is 2. The zero-order valence-corrected chi connectivity index (χ0v) is 39.0. The van der Waals surface area contributed by atoms with Crippen LogP contribution in [0.3, 0.4) is 0 Å². The third-order valence-corrected chi connectivity index (χ3v) is 11.4. The molecule has 2 aromatic carbocycles. The molecule has 2 aliphatic rings. The van der Waals surface area contributed by atoms with Crippen LogP contribution in [0.1, 0.15) is 145 Å². The average molecular weight is 825 g/mol. The van der Waals surface area contributed by atoms with Gasteiger partial charge in [-0.15, -0.1) is 0 Å². The Labute approximate surface area is 357 Å². The quantitative estimate of drug-likeness (QED) is 0.116. The number of nitrogens with zero attached hydrogens (tertiary/aromatic N) is 2. The zero-order chi connectivity index (χ0) is 44.3. The monoisotopic (exact) mass is 824 g/mol. The van der Waals surface area contributed by atoms with Gasteiger partial charge in [-0.3, -0.25) is 19.4 Å². The van der Waals surface area contributed by atoms with Crippen molar-refractivity contribution in [2.45, 2.75) is 145 Å². The maximum atomic E-state index is 15.6. The van der Waals surface area contributed by atoms with E-state index < -0.39 is 12.6 Å². The van der Waals surface area contributed by atoms with Crippen molar-refractivity contribution >= 4 is 44.8 Å². The Kier molecular flexibility index (Phi) is 12.5. The summed E-state index contributed by atoms with van der Waals surface area (Å²) in [5.41, 5.74) is 4.72. The van der Waals surface area contributed by atoms with Crippen molar-refractivity contribution in [3.8, 4) is 0 Å². The van der Waals surface area contributed by atoms with E-state index in [0.29, 0.717) is 49.3 Å². The minimum absolute atomic E-state index is 0.0259. The predicted octanol–water partition coefficient (Wildman–Crippen LogP) is 11.0. The van der Waals surface area contributed by atoms with Gasteiger partial charge >= 0.3 is 0 Å². The van der Waals surface area contributed by atoms with Gasteiger partial charge in [0.1, 0.15) is 11.4 Å². The molecule has 2 aromatic heterocycles. The van der Waals surface area contributed by atoms with Gasteiger partial charge in [-0.05, 0) is 83.7 Å². The lowest BCUT2D eigenvalue weighted by molar-refractivity contribution is -0.151. The molecule has 10 nitrogen and oxygen atoms in total. The van der Waals surface area contributed by atoms with Crippen molar-refractivity contribution in [3.63, 3.8) is 0 Å². The van der Waals surface area contributed by atoms with Gasteiger partial charge in [0.05, 0.1) is 36.8 Å². The molecule has 326 valence electrons. The minimum atomic E-state index is -0.766. The molecule has 0 bridgehead atoms. The van der Waals surface area contributed by atoms with E-state index in [-0.39, 0.29) is 57.7 Å². The molecule has 0 unspecified atom stereocenters. The second-order valence-electron chi connectivity index (χ2n) is 20.1. The van der Waals surface area contributed by atoms with Gasteiger partial charge in [0.25, 0.3) is 11.8 Å². The van der Waals surface area contributed by atoms with Crippen LogP contribution in [0.4, 0.5) is 0 Å². The molecule has 6 rings (SSSR count). The van der Waals surface area contributed by atoms with Crippen molar-refractivity contribution in [2.75, 3.05) is 39.5 Å². The molecule has 2 amide bonds. The van der Waals surface area contributed by atoms with Gasteiger partial charge in [-0.2, -0.15) is 0 Å². The maximum Gasteiger partial charge on any atom is 0.261 e. The molecule has 0 radical (unpaired) electrons. The average Bonchev–Trinajstić information content (AvgIpc) is 3.89. The van der Waals surface area contributed by atoms with Gasteiger partial charge in [0, 0.05) is 48.0 Å². The Morgan fingerprint density at radius 3 is 1.08 bits per heavy atom. The van der Waals surface area contributed by atoms with Crippen LogP contribution in [-0.4, -0.2) is 73.7 Å². The normalized spacial score (nSPS) is 15.8. The van der Waals surface area contributed by atoms with Crippen molar-refractivity contribution in [3.05, 3.63) is 81.7 Å². The molecule has 10 heteroatoms. The third kappa shape index (κ3) is 8.37. The third-order valence-electron chi connectivity index (χ3n) is 11.4. The molecule has 0 aliphatic carbocycles. The summed E-state index contributed by atoms with van der Waals surface area (Å²) < 4.78 is 37.6. The van der Waals surface area contributed by atoms with E-state index in [4.69, 9.17) is 27.8 Å². The Morgan fingerprint density at radius 1 is 0.500 bits per heavy atom. The maximum absolute atomic E-state index is 15.6. The topological polar surface area (TPSA) is 104 Å². The van der Waals surface area contributed by atoms with E-state index >= 15 is 9.59 Å². The molecule has 4 heterocycles. The molecular formula is C50H68N2O8. The van der Waals surface area contributed by atoms with Gasteiger partial charge in [0.2, 0.25) is 0 Å². The summed E-state index contributed by atoms with van der Waals surface area (Å²) in [5.74, 6) is 0.133. The second kappa shape index (κ2) is 16.6. The number of hydrogen-bond donors (Lipinski definition) is 0. The lowest BCUT2D eigenvalue weighted by Crippen LogP contribution is -2.39. The summed E-state index contributed by atoms with van der Waals surface area (Å²) in [7, 11) is 0. The standard InChI is InChI=1S/C50H68N2O8/c1-17-55-35(56-18-2)25-51-41(43-37-29(27-59-43)21-31(47(5,6)7)23-33(37)49(11,12)13)39-40(45(51)53)42(52(46(39)54)26-36(57-19-3)58-20-4)44-38-30(28-60-44)22-32(48(8,9)10)24-34(38)50(14,15)16/h21-24,27-28,35-36H,17-20,25-26H2,1-16H3. The van der Waals surface area contributed by atoms with E-state index in [0.717, 1.165) is 43.8 Å². The van der Waals surface area contributed by atoms with Crippen molar-refractivity contribution in [1.82, 2.24) is 9.80 Å². The van der Waals surface area contributed by atoms with E-state index in [9.17, 15) is 0 Å². The van der Waals surface area contributed by atoms with Crippen molar-refractivity contribution in [1.29, 1.82) is 0 Å². The smallest absolute Gasteiger partial charge is 0.261 e. The zero-order valence-electron chi connectivity index (χ0n) is 39.0. The first-order valence-corrected chi connectivity index (χ1v) is 21.7. The van der Waals surface area contributed by atoms with Crippen molar-refractivity contribution in [2.24, 2.45) is 0 Å². The molecule has 0 spiro atoms. The lowest BCUT2D eigenvalue weighted by Gasteiger charge is -2.30.